The molecule has 0 amide bonds. The van der Waals surface area contributed by atoms with Crippen LogP contribution in [0.2, 0.25) is 0 Å². The van der Waals surface area contributed by atoms with Crippen molar-refractivity contribution in [3.05, 3.63) is 0 Å². The Kier molecular flexibility index (Phi) is 3.65. The van der Waals surface area contributed by atoms with E-state index in [2.05, 4.69) is 13.8 Å². The van der Waals surface area contributed by atoms with E-state index in [4.69, 9.17) is 0 Å². The van der Waals surface area contributed by atoms with Gasteiger partial charge in [0.15, 0.2) is 0 Å². The Bertz CT molecular complexity index is 134. The van der Waals surface area contributed by atoms with Crippen molar-refractivity contribution < 1.29 is 4.57 Å². The van der Waals surface area contributed by atoms with Gasteiger partial charge in [-0.1, -0.05) is 26.7 Å². The molecule has 0 N–H and O–H groups in total. The van der Waals surface area contributed by atoms with E-state index in [1.165, 1.54) is 25.7 Å². The second-order valence-electron chi connectivity index (χ2n) is 3.99. The molecule has 1 unspecified atom stereocenters. The zero-order chi connectivity index (χ0) is 8.27. The van der Waals surface area contributed by atoms with Gasteiger partial charge in [0.05, 0.1) is 8.46 Å². The van der Waals surface area contributed by atoms with E-state index in [-0.39, 0.29) is 0 Å². The van der Waals surface area contributed by atoms with E-state index in [1.807, 2.05) is 0 Å². The van der Waals surface area contributed by atoms with Gasteiger partial charge in [0.25, 0.3) is 0 Å². The third kappa shape index (κ3) is 2.33. The Morgan fingerprint density at radius 1 is 1.27 bits per heavy atom. The van der Waals surface area contributed by atoms with Crippen molar-refractivity contribution >= 4 is 8.46 Å². The molecule has 0 aromatic rings. The van der Waals surface area contributed by atoms with Gasteiger partial charge >= 0.3 is 0 Å². The molecule has 3 atom stereocenters. The zero-order valence-electron chi connectivity index (χ0n) is 7.55. The first-order chi connectivity index (χ1) is 5.25. The SMILES string of the molecule is CC(C)[C@@H]1CCCC[C@H]1[PH2]=O. The minimum atomic E-state index is -0.521. The predicted molar refractivity (Wildman–Crippen MR) is 51.0 cm³/mol. The lowest BCUT2D eigenvalue weighted by Gasteiger charge is -2.30. The number of hydrogen-bond donors (Lipinski definition) is 0. The van der Waals surface area contributed by atoms with Gasteiger partial charge in [-0.2, -0.15) is 0 Å². The predicted octanol–water partition coefficient (Wildman–Crippen LogP) is 2.96. The highest BCUT2D eigenvalue weighted by molar-refractivity contribution is 7.24. The van der Waals surface area contributed by atoms with Crippen LogP contribution in [0, 0.1) is 11.8 Å². The molecule has 0 radical (unpaired) electrons. The van der Waals surface area contributed by atoms with Crippen LogP contribution in [0.1, 0.15) is 39.5 Å². The van der Waals surface area contributed by atoms with Gasteiger partial charge in [-0.05, 0) is 24.7 Å². The molecule has 2 heteroatoms. The summed E-state index contributed by atoms with van der Waals surface area (Å²) in [5, 5.41) is 0. The summed E-state index contributed by atoms with van der Waals surface area (Å²) >= 11 is 0. The lowest BCUT2D eigenvalue weighted by molar-refractivity contribution is 0.284. The van der Waals surface area contributed by atoms with Crippen LogP contribution in [0.5, 0.6) is 0 Å². The summed E-state index contributed by atoms with van der Waals surface area (Å²) in [7, 11) is -0.521. The summed E-state index contributed by atoms with van der Waals surface area (Å²) in [6.45, 7) is 4.52. The van der Waals surface area contributed by atoms with Crippen molar-refractivity contribution in [1.29, 1.82) is 0 Å². The fourth-order valence-corrected chi connectivity index (χ4v) is 3.40. The Labute approximate surface area is 70.8 Å². The van der Waals surface area contributed by atoms with Crippen molar-refractivity contribution in [2.24, 2.45) is 11.8 Å². The molecule has 1 saturated carbocycles. The monoisotopic (exact) mass is 174 g/mol. The average molecular weight is 174 g/mol. The molecule has 1 aliphatic rings. The topological polar surface area (TPSA) is 17.1 Å². The Balaban J connectivity index is 2.51. The van der Waals surface area contributed by atoms with Crippen LogP contribution in [-0.2, 0) is 4.57 Å². The van der Waals surface area contributed by atoms with Crippen LogP contribution >= 0.6 is 8.46 Å². The summed E-state index contributed by atoms with van der Waals surface area (Å²) in [6.07, 6.45) is 5.21. The number of hydrogen-bond acceptors (Lipinski definition) is 1. The van der Waals surface area contributed by atoms with E-state index >= 15 is 0 Å². The van der Waals surface area contributed by atoms with Gasteiger partial charge in [-0.3, -0.25) is 0 Å². The molecule has 0 aliphatic heterocycles. The van der Waals surface area contributed by atoms with Crippen LogP contribution < -0.4 is 0 Å². The summed E-state index contributed by atoms with van der Waals surface area (Å²) < 4.78 is 10.9. The highest BCUT2D eigenvalue weighted by atomic mass is 31.1. The van der Waals surface area contributed by atoms with E-state index in [1.54, 1.807) is 0 Å². The molecular formula is C9H19OP. The molecular weight excluding hydrogens is 155 g/mol. The molecule has 0 aromatic carbocycles. The van der Waals surface area contributed by atoms with Crippen molar-refractivity contribution in [2.45, 2.75) is 45.2 Å². The molecule has 0 aromatic heterocycles. The quantitative estimate of drug-likeness (QED) is 0.588. The molecule has 0 bridgehead atoms. The van der Waals surface area contributed by atoms with Gasteiger partial charge < -0.3 is 4.57 Å². The maximum Gasteiger partial charge on any atom is 0.0677 e. The van der Waals surface area contributed by atoms with Crippen LogP contribution in [0.3, 0.4) is 0 Å². The maximum atomic E-state index is 10.9. The molecule has 1 fully saturated rings. The Morgan fingerprint density at radius 3 is 2.36 bits per heavy atom. The first-order valence-electron chi connectivity index (χ1n) is 4.71. The smallest absolute Gasteiger partial charge is 0.0677 e. The largest absolute Gasteiger partial charge is 0.330 e. The minimum Gasteiger partial charge on any atom is -0.330 e. The summed E-state index contributed by atoms with van der Waals surface area (Å²) in [5.41, 5.74) is 0.573. The molecule has 0 saturated heterocycles. The third-order valence-electron chi connectivity index (χ3n) is 2.91. The van der Waals surface area contributed by atoms with Gasteiger partial charge in [-0.25, -0.2) is 0 Å². The van der Waals surface area contributed by atoms with Crippen molar-refractivity contribution in [1.82, 2.24) is 0 Å². The Hall–Kier alpha value is 0.230. The molecule has 1 aliphatic carbocycles. The van der Waals surface area contributed by atoms with E-state index in [0.29, 0.717) is 5.66 Å². The number of rotatable bonds is 2. The molecule has 1 rings (SSSR count). The highest BCUT2D eigenvalue weighted by Crippen LogP contribution is 2.36. The average Bonchev–Trinajstić information content (AvgIpc) is 2.04. The van der Waals surface area contributed by atoms with Gasteiger partial charge in [0.2, 0.25) is 0 Å². The summed E-state index contributed by atoms with van der Waals surface area (Å²) in [5.74, 6) is 1.50. The van der Waals surface area contributed by atoms with Crippen molar-refractivity contribution in [3.63, 3.8) is 0 Å². The molecule has 66 valence electrons. The highest BCUT2D eigenvalue weighted by Gasteiger charge is 2.26. The Morgan fingerprint density at radius 2 is 1.91 bits per heavy atom. The van der Waals surface area contributed by atoms with Crippen LogP contribution in [0.4, 0.5) is 0 Å². The van der Waals surface area contributed by atoms with E-state index < -0.39 is 8.46 Å². The molecule has 0 spiro atoms. The van der Waals surface area contributed by atoms with Gasteiger partial charge in [0.1, 0.15) is 0 Å². The van der Waals surface area contributed by atoms with Crippen LogP contribution in [0.15, 0.2) is 0 Å². The first-order valence-corrected chi connectivity index (χ1v) is 5.84. The molecule has 11 heavy (non-hydrogen) atoms. The second-order valence-corrected chi connectivity index (χ2v) is 5.12. The maximum absolute atomic E-state index is 10.9. The summed E-state index contributed by atoms with van der Waals surface area (Å²) in [6, 6.07) is 0. The first kappa shape index (κ1) is 9.32. The second kappa shape index (κ2) is 4.30. The van der Waals surface area contributed by atoms with E-state index in [0.717, 1.165) is 11.8 Å². The standard InChI is InChI=1S/C9H19OP/c1-7(2)8-5-3-4-6-9(8)11-10/h7-9H,3-6,11H2,1-2H3/t8-,9+/m0/s1. The van der Waals surface area contributed by atoms with Crippen LogP contribution in [-0.4, -0.2) is 5.66 Å². The van der Waals surface area contributed by atoms with Gasteiger partial charge in [0, 0.05) is 5.66 Å². The van der Waals surface area contributed by atoms with E-state index in [9.17, 15) is 4.57 Å². The lowest BCUT2D eigenvalue weighted by atomic mass is 9.81. The summed E-state index contributed by atoms with van der Waals surface area (Å²) in [4.78, 5) is 0. The minimum absolute atomic E-state index is 0.521. The van der Waals surface area contributed by atoms with Gasteiger partial charge in [-0.15, -0.1) is 0 Å². The third-order valence-corrected chi connectivity index (χ3v) is 4.08. The lowest BCUT2D eigenvalue weighted by Crippen LogP contribution is -2.24. The fraction of sp³-hybridized carbons (Fsp3) is 1.00. The molecule has 1 nitrogen and oxygen atoms in total. The van der Waals surface area contributed by atoms with Crippen LogP contribution in [0.25, 0.3) is 0 Å². The van der Waals surface area contributed by atoms with Crippen molar-refractivity contribution in [3.8, 4) is 0 Å². The zero-order valence-corrected chi connectivity index (χ0v) is 8.70. The normalized spacial score (nSPS) is 33.7. The van der Waals surface area contributed by atoms with Crippen molar-refractivity contribution in [2.75, 3.05) is 0 Å². The molecule has 0 heterocycles. The fourth-order valence-electron chi connectivity index (χ4n) is 2.18.